The van der Waals surface area contributed by atoms with Crippen LogP contribution in [-0.4, -0.2) is 76.9 Å². The first-order valence-electron chi connectivity index (χ1n) is 7.71. The maximum atomic E-state index is 5.75. The lowest BCUT2D eigenvalue weighted by Gasteiger charge is -2.40. The van der Waals surface area contributed by atoms with Gasteiger partial charge in [-0.3, -0.25) is 0 Å². The summed E-state index contributed by atoms with van der Waals surface area (Å²) in [6.07, 6.45) is 3.74. The summed E-state index contributed by atoms with van der Waals surface area (Å²) in [6.45, 7) is 9.86. The quantitative estimate of drug-likeness (QED) is 0.684. The van der Waals surface area contributed by atoms with E-state index < -0.39 is 0 Å². The van der Waals surface area contributed by atoms with Gasteiger partial charge in [-0.05, 0) is 60.0 Å². The van der Waals surface area contributed by atoms with Crippen LogP contribution in [0.3, 0.4) is 0 Å². The molecular formula is C15H33N3O. The Morgan fingerprint density at radius 1 is 1.26 bits per heavy atom. The lowest BCUT2D eigenvalue weighted by molar-refractivity contribution is -0.0249. The lowest BCUT2D eigenvalue weighted by Crippen LogP contribution is -2.48. The molecule has 0 bridgehead atoms. The van der Waals surface area contributed by atoms with Crippen molar-refractivity contribution in [3.63, 3.8) is 0 Å². The molecule has 1 aliphatic rings. The highest BCUT2D eigenvalue weighted by molar-refractivity contribution is 4.86. The third-order valence-corrected chi connectivity index (χ3v) is 4.04. The Morgan fingerprint density at radius 3 is 2.58 bits per heavy atom. The second kappa shape index (κ2) is 8.90. The fraction of sp³-hybridized carbons (Fsp3) is 1.00. The van der Waals surface area contributed by atoms with Crippen LogP contribution in [0.2, 0.25) is 0 Å². The van der Waals surface area contributed by atoms with Crippen LogP contribution < -0.4 is 5.32 Å². The van der Waals surface area contributed by atoms with Crippen molar-refractivity contribution in [2.75, 3.05) is 67.1 Å². The van der Waals surface area contributed by atoms with Gasteiger partial charge in [-0.2, -0.15) is 0 Å². The molecule has 0 aliphatic carbocycles. The molecule has 0 aromatic carbocycles. The van der Waals surface area contributed by atoms with Crippen LogP contribution in [0.15, 0.2) is 0 Å². The maximum Gasteiger partial charge on any atom is 0.0546 e. The smallest absolute Gasteiger partial charge is 0.0546 e. The van der Waals surface area contributed by atoms with Gasteiger partial charge in [-0.25, -0.2) is 0 Å². The topological polar surface area (TPSA) is 27.7 Å². The van der Waals surface area contributed by atoms with Crippen molar-refractivity contribution in [2.45, 2.75) is 26.2 Å². The third-order valence-electron chi connectivity index (χ3n) is 4.04. The van der Waals surface area contributed by atoms with Crippen molar-refractivity contribution in [1.82, 2.24) is 15.1 Å². The summed E-state index contributed by atoms with van der Waals surface area (Å²) in [5, 5.41) is 3.37. The zero-order valence-corrected chi connectivity index (χ0v) is 13.4. The molecule has 1 N–H and O–H groups in total. The Kier molecular flexibility index (Phi) is 7.91. The van der Waals surface area contributed by atoms with Gasteiger partial charge in [0.25, 0.3) is 0 Å². The average Bonchev–Trinajstić information content (AvgIpc) is 2.38. The summed E-state index contributed by atoms with van der Waals surface area (Å²) in [5.74, 6) is 0. The zero-order chi connectivity index (χ0) is 14.1. The van der Waals surface area contributed by atoms with Gasteiger partial charge in [0.1, 0.15) is 0 Å². The van der Waals surface area contributed by atoms with Crippen LogP contribution in [0, 0.1) is 5.41 Å². The fourth-order valence-corrected chi connectivity index (χ4v) is 3.04. The normalized spacial score (nSPS) is 24.3. The number of ether oxygens (including phenoxy) is 1. The van der Waals surface area contributed by atoms with Gasteiger partial charge in [0, 0.05) is 25.1 Å². The van der Waals surface area contributed by atoms with Crippen molar-refractivity contribution < 1.29 is 4.74 Å². The van der Waals surface area contributed by atoms with E-state index in [1.807, 2.05) is 0 Å². The molecular weight excluding hydrogens is 238 g/mol. The number of nitrogens with zero attached hydrogens (tertiary/aromatic N) is 2. The molecule has 1 rings (SSSR count). The van der Waals surface area contributed by atoms with E-state index in [0.29, 0.717) is 5.41 Å². The van der Waals surface area contributed by atoms with E-state index in [9.17, 15) is 0 Å². The number of hydrogen-bond donors (Lipinski definition) is 1. The predicted octanol–water partition coefficient (Wildman–Crippen LogP) is 1.28. The van der Waals surface area contributed by atoms with E-state index >= 15 is 0 Å². The van der Waals surface area contributed by atoms with Crippen LogP contribution in [0.1, 0.15) is 26.2 Å². The Bertz CT molecular complexity index is 222. The summed E-state index contributed by atoms with van der Waals surface area (Å²) in [7, 11) is 6.35. The Balaban J connectivity index is 2.45. The van der Waals surface area contributed by atoms with Gasteiger partial charge in [-0.15, -0.1) is 0 Å². The maximum absolute atomic E-state index is 5.75. The second-order valence-electron chi connectivity index (χ2n) is 6.21. The molecule has 1 fully saturated rings. The molecule has 114 valence electrons. The molecule has 1 saturated heterocycles. The molecule has 1 atom stereocenters. The second-order valence-corrected chi connectivity index (χ2v) is 6.21. The van der Waals surface area contributed by atoms with E-state index in [-0.39, 0.29) is 0 Å². The molecule has 1 heterocycles. The number of rotatable bonds is 9. The minimum Gasteiger partial charge on any atom is -0.381 e. The summed E-state index contributed by atoms with van der Waals surface area (Å²) in [6, 6.07) is 0. The highest BCUT2D eigenvalue weighted by Gasteiger charge is 2.33. The van der Waals surface area contributed by atoms with E-state index in [1.54, 1.807) is 0 Å². The highest BCUT2D eigenvalue weighted by atomic mass is 16.5. The minimum atomic E-state index is 0.321. The summed E-state index contributed by atoms with van der Waals surface area (Å²) in [4.78, 5) is 4.86. The zero-order valence-electron chi connectivity index (χ0n) is 13.4. The molecule has 4 nitrogen and oxygen atoms in total. The van der Waals surface area contributed by atoms with Gasteiger partial charge in [0.05, 0.1) is 6.61 Å². The van der Waals surface area contributed by atoms with Crippen LogP contribution in [0.5, 0.6) is 0 Å². The van der Waals surface area contributed by atoms with Gasteiger partial charge < -0.3 is 19.9 Å². The molecule has 4 heteroatoms. The van der Waals surface area contributed by atoms with Crippen LogP contribution in [-0.2, 0) is 4.74 Å². The van der Waals surface area contributed by atoms with Crippen molar-refractivity contribution in [3.05, 3.63) is 0 Å². The first kappa shape index (κ1) is 16.9. The van der Waals surface area contributed by atoms with E-state index in [1.165, 1.54) is 32.4 Å². The Labute approximate surface area is 119 Å². The SMILES string of the molecule is CCN(CCCN(C)C)CC1(CNC)CCCOC1. The van der Waals surface area contributed by atoms with Crippen molar-refractivity contribution >= 4 is 0 Å². The summed E-state index contributed by atoms with van der Waals surface area (Å²) in [5.41, 5.74) is 0.321. The van der Waals surface area contributed by atoms with E-state index in [4.69, 9.17) is 4.74 Å². The molecule has 0 aromatic rings. The van der Waals surface area contributed by atoms with Crippen LogP contribution in [0.25, 0.3) is 0 Å². The predicted molar refractivity (Wildman–Crippen MR) is 81.7 cm³/mol. The Hall–Kier alpha value is -0.160. The summed E-state index contributed by atoms with van der Waals surface area (Å²) >= 11 is 0. The molecule has 0 spiro atoms. The van der Waals surface area contributed by atoms with Crippen molar-refractivity contribution in [3.8, 4) is 0 Å². The molecule has 1 unspecified atom stereocenters. The lowest BCUT2D eigenvalue weighted by atomic mass is 9.81. The van der Waals surface area contributed by atoms with Gasteiger partial charge in [-0.1, -0.05) is 6.92 Å². The molecule has 0 saturated carbocycles. The fourth-order valence-electron chi connectivity index (χ4n) is 3.04. The van der Waals surface area contributed by atoms with Gasteiger partial charge in [0.15, 0.2) is 0 Å². The van der Waals surface area contributed by atoms with Crippen molar-refractivity contribution in [2.24, 2.45) is 5.41 Å². The van der Waals surface area contributed by atoms with Gasteiger partial charge in [0.2, 0.25) is 0 Å². The highest BCUT2D eigenvalue weighted by Crippen LogP contribution is 2.29. The Morgan fingerprint density at radius 2 is 2.05 bits per heavy atom. The number of nitrogens with one attached hydrogen (secondary N) is 1. The monoisotopic (exact) mass is 271 g/mol. The van der Waals surface area contributed by atoms with Crippen LogP contribution in [0.4, 0.5) is 0 Å². The van der Waals surface area contributed by atoms with Crippen LogP contribution >= 0.6 is 0 Å². The average molecular weight is 271 g/mol. The first-order chi connectivity index (χ1) is 9.12. The molecule has 19 heavy (non-hydrogen) atoms. The standard InChI is InChI=1S/C15H33N3O/c1-5-18(10-7-9-17(3)4)13-15(12-16-2)8-6-11-19-14-15/h16H,5-14H2,1-4H3. The molecule has 1 aliphatic heterocycles. The third kappa shape index (κ3) is 6.21. The molecule has 0 aromatic heterocycles. The largest absolute Gasteiger partial charge is 0.381 e. The van der Waals surface area contributed by atoms with Crippen molar-refractivity contribution in [1.29, 1.82) is 0 Å². The number of hydrogen-bond acceptors (Lipinski definition) is 4. The van der Waals surface area contributed by atoms with E-state index in [0.717, 1.165) is 32.8 Å². The molecule has 0 amide bonds. The minimum absolute atomic E-state index is 0.321. The van der Waals surface area contributed by atoms with Gasteiger partial charge >= 0.3 is 0 Å². The summed E-state index contributed by atoms with van der Waals surface area (Å²) < 4.78 is 5.75. The first-order valence-corrected chi connectivity index (χ1v) is 7.71. The van der Waals surface area contributed by atoms with E-state index in [2.05, 4.69) is 43.2 Å². The molecule has 0 radical (unpaired) electrons.